The standard InChI is InChI=1S/C21H18Cl2N2O3S/c1-13-3-4-14(2)20(9-13)21(26)24-17-5-7-19(8-6-17)29(27,28)25-18-11-15(22)10-16(23)12-18/h3-12,25H,1-2H3,(H,24,26). The minimum atomic E-state index is -3.84. The van der Waals surface area contributed by atoms with Crippen molar-refractivity contribution in [1.29, 1.82) is 0 Å². The Morgan fingerprint density at radius 2 is 1.45 bits per heavy atom. The van der Waals surface area contributed by atoms with Crippen LogP contribution in [0.1, 0.15) is 21.5 Å². The summed E-state index contributed by atoms with van der Waals surface area (Å²) in [6.07, 6.45) is 0. The highest BCUT2D eigenvalue weighted by Crippen LogP contribution is 2.25. The van der Waals surface area contributed by atoms with Crippen LogP contribution in [0.4, 0.5) is 11.4 Å². The summed E-state index contributed by atoms with van der Waals surface area (Å²) in [5, 5.41) is 3.42. The molecule has 0 heterocycles. The van der Waals surface area contributed by atoms with E-state index < -0.39 is 10.0 Å². The van der Waals surface area contributed by atoms with Crippen molar-refractivity contribution in [3.63, 3.8) is 0 Å². The van der Waals surface area contributed by atoms with Crippen LogP contribution < -0.4 is 10.0 Å². The Bertz CT molecular complexity index is 1160. The highest BCUT2D eigenvalue weighted by atomic mass is 35.5. The highest BCUT2D eigenvalue weighted by Gasteiger charge is 2.16. The maximum Gasteiger partial charge on any atom is 0.261 e. The molecule has 0 spiro atoms. The van der Waals surface area contributed by atoms with E-state index >= 15 is 0 Å². The number of sulfonamides is 1. The zero-order chi connectivity index (χ0) is 21.2. The number of hydrogen-bond acceptors (Lipinski definition) is 3. The average molecular weight is 449 g/mol. The molecule has 0 aliphatic rings. The van der Waals surface area contributed by atoms with E-state index in [9.17, 15) is 13.2 Å². The van der Waals surface area contributed by atoms with E-state index in [1.54, 1.807) is 0 Å². The molecule has 0 unspecified atom stereocenters. The molecule has 3 aromatic rings. The van der Waals surface area contributed by atoms with Gasteiger partial charge in [0.2, 0.25) is 0 Å². The molecule has 0 aromatic heterocycles. The Labute approximate surface area is 179 Å². The molecule has 150 valence electrons. The van der Waals surface area contributed by atoms with Gasteiger partial charge in [0.1, 0.15) is 0 Å². The van der Waals surface area contributed by atoms with Crippen molar-refractivity contribution < 1.29 is 13.2 Å². The van der Waals surface area contributed by atoms with Crippen molar-refractivity contribution in [3.05, 3.63) is 87.4 Å². The predicted molar refractivity (Wildman–Crippen MR) is 118 cm³/mol. The number of halogens is 2. The van der Waals surface area contributed by atoms with Crippen molar-refractivity contribution in [2.75, 3.05) is 10.0 Å². The molecule has 0 atom stereocenters. The van der Waals surface area contributed by atoms with Crippen molar-refractivity contribution in [3.8, 4) is 0 Å². The lowest BCUT2D eigenvalue weighted by molar-refractivity contribution is 0.102. The molecule has 8 heteroatoms. The summed E-state index contributed by atoms with van der Waals surface area (Å²) >= 11 is 11.8. The molecule has 2 N–H and O–H groups in total. The monoisotopic (exact) mass is 448 g/mol. The first-order valence-electron chi connectivity index (χ1n) is 8.62. The van der Waals surface area contributed by atoms with Gasteiger partial charge in [-0.1, -0.05) is 40.9 Å². The van der Waals surface area contributed by atoms with Crippen molar-refractivity contribution in [2.45, 2.75) is 18.7 Å². The van der Waals surface area contributed by atoms with Gasteiger partial charge in [0.05, 0.1) is 10.6 Å². The summed E-state index contributed by atoms with van der Waals surface area (Å²) in [4.78, 5) is 12.5. The van der Waals surface area contributed by atoms with Crippen LogP contribution in [0.2, 0.25) is 10.0 Å². The van der Waals surface area contributed by atoms with Crippen LogP contribution in [0.15, 0.2) is 65.6 Å². The van der Waals surface area contributed by atoms with Crippen molar-refractivity contribution >= 4 is 50.5 Å². The summed E-state index contributed by atoms with van der Waals surface area (Å²) in [7, 11) is -3.84. The molecular weight excluding hydrogens is 431 g/mol. The van der Waals surface area contributed by atoms with E-state index in [4.69, 9.17) is 23.2 Å². The molecule has 0 fully saturated rings. The summed E-state index contributed by atoms with van der Waals surface area (Å²) in [5.41, 5.74) is 3.16. The smallest absolute Gasteiger partial charge is 0.261 e. The normalized spacial score (nSPS) is 11.2. The molecule has 5 nitrogen and oxygen atoms in total. The number of amides is 1. The van der Waals surface area contributed by atoms with E-state index in [2.05, 4.69) is 10.0 Å². The molecule has 0 saturated carbocycles. The topological polar surface area (TPSA) is 75.3 Å². The number of benzene rings is 3. The molecule has 0 bridgehead atoms. The van der Waals surface area contributed by atoms with Crippen LogP contribution in [0.5, 0.6) is 0 Å². The lowest BCUT2D eigenvalue weighted by Gasteiger charge is -2.11. The number of rotatable bonds is 5. The fourth-order valence-electron chi connectivity index (χ4n) is 2.72. The molecule has 1 amide bonds. The average Bonchev–Trinajstić information content (AvgIpc) is 2.63. The van der Waals surface area contributed by atoms with E-state index in [1.807, 2.05) is 32.0 Å². The van der Waals surface area contributed by atoms with E-state index in [-0.39, 0.29) is 16.5 Å². The summed E-state index contributed by atoms with van der Waals surface area (Å²) < 4.78 is 27.6. The minimum Gasteiger partial charge on any atom is -0.322 e. The molecular formula is C21H18Cl2N2O3S. The number of anilines is 2. The van der Waals surface area contributed by atoms with E-state index in [0.29, 0.717) is 21.3 Å². The predicted octanol–water partition coefficient (Wildman–Crippen LogP) is 5.66. The third-order valence-electron chi connectivity index (χ3n) is 4.17. The van der Waals surface area contributed by atoms with Crippen LogP contribution in [0.3, 0.4) is 0 Å². The van der Waals surface area contributed by atoms with Gasteiger partial charge >= 0.3 is 0 Å². The van der Waals surface area contributed by atoms with Crippen LogP contribution in [-0.4, -0.2) is 14.3 Å². The number of carbonyl (C=O) groups excluding carboxylic acids is 1. The van der Waals surface area contributed by atoms with Crippen LogP contribution in [0.25, 0.3) is 0 Å². The second kappa shape index (κ2) is 8.45. The summed E-state index contributed by atoms with van der Waals surface area (Å²) in [6.45, 7) is 3.77. The van der Waals surface area contributed by atoms with Crippen molar-refractivity contribution in [1.82, 2.24) is 0 Å². The molecule has 0 saturated heterocycles. The first kappa shape index (κ1) is 21.2. The fraction of sp³-hybridized carbons (Fsp3) is 0.0952. The van der Waals surface area contributed by atoms with Gasteiger partial charge in [0.15, 0.2) is 0 Å². The largest absolute Gasteiger partial charge is 0.322 e. The maximum atomic E-state index is 12.6. The summed E-state index contributed by atoms with van der Waals surface area (Å²) in [6, 6.07) is 15.9. The van der Waals surface area contributed by atoms with E-state index in [0.717, 1.165) is 11.1 Å². The second-order valence-corrected chi connectivity index (χ2v) is 9.12. The third kappa shape index (κ3) is 5.29. The molecule has 29 heavy (non-hydrogen) atoms. The maximum absolute atomic E-state index is 12.6. The van der Waals surface area contributed by atoms with Crippen LogP contribution in [-0.2, 0) is 10.0 Å². The molecule has 0 radical (unpaired) electrons. The Balaban J connectivity index is 1.77. The van der Waals surface area contributed by atoms with Gasteiger partial charge in [-0.05, 0) is 67.9 Å². The number of hydrogen-bond donors (Lipinski definition) is 2. The van der Waals surface area contributed by atoms with Gasteiger partial charge in [-0.15, -0.1) is 0 Å². The van der Waals surface area contributed by atoms with Gasteiger partial charge in [-0.3, -0.25) is 9.52 Å². The quantitative estimate of drug-likeness (QED) is 0.528. The Morgan fingerprint density at radius 3 is 2.07 bits per heavy atom. The molecule has 3 rings (SSSR count). The zero-order valence-corrected chi connectivity index (χ0v) is 18.0. The van der Waals surface area contributed by atoms with Crippen LogP contribution >= 0.6 is 23.2 Å². The Kier molecular flexibility index (Phi) is 6.17. The lowest BCUT2D eigenvalue weighted by Crippen LogP contribution is -2.15. The number of carbonyl (C=O) groups is 1. The molecule has 3 aromatic carbocycles. The number of nitrogens with one attached hydrogen (secondary N) is 2. The first-order valence-corrected chi connectivity index (χ1v) is 10.9. The lowest BCUT2D eigenvalue weighted by atomic mass is 10.1. The van der Waals surface area contributed by atoms with Gasteiger partial charge in [0.25, 0.3) is 15.9 Å². The molecule has 0 aliphatic carbocycles. The van der Waals surface area contributed by atoms with Gasteiger partial charge < -0.3 is 5.32 Å². The van der Waals surface area contributed by atoms with Crippen LogP contribution in [0, 0.1) is 13.8 Å². The third-order valence-corrected chi connectivity index (χ3v) is 6.01. The van der Waals surface area contributed by atoms with Crippen molar-refractivity contribution in [2.24, 2.45) is 0 Å². The van der Waals surface area contributed by atoms with Gasteiger partial charge in [0, 0.05) is 21.3 Å². The highest BCUT2D eigenvalue weighted by molar-refractivity contribution is 7.92. The molecule has 0 aliphatic heterocycles. The van der Waals surface area contributed by atoms with Gasteiger partial charge in [-0.2, -0.15) is 0 Å². The van der Waals surface area contributed by atoms with E-state index in [1.165, 1.54) is 42.5 Å². The fourth-order valence-corrected chi connectivity index (χ4v) is 4.29. The zero-order valence-electron chi connectivity index (χ0n) is 15.7. The minimum absolute atomic E-state index is 0.0401. The number of aryl methyl sites for hydroxylation is 2. The Hall–Kier alpha value is -2.54. The SMILES string of the molecule is Cc1ccc(C)c(C(=O)Nc2ccc(S(=O)(=O)Nc3cc(Cl)cc(Cl)c3)cc2)c1. The van der Waals surface area contributed by atoms with Gasteiger partial charge in [-0.25, -0.2) is 8.42 Å². The first-order chi connectivity index (χ1) is 13.6. The second-order valence-electron chi connectivity index (χ2n) is 6.56. The Morgan fingerprint density at radius 1 is 0.828 bits per heavy atom. The summed E-state index contributed by atoms with van der Waals surface area (Å²) in [5.74, 6) is -0.256.